The Hall–Kier alpha value is -3.16. The number of rotatable bonds is 7. The minimum absolute atomic E-state index is 0.361. The summed E-state index contributed by atoms with van der Waals surface area (Å²) in [5, 5.41) is 7.27. The van der Waals surface area contributed by atoms with Gasteiger partial charge in [-0.25, -0.2) is 14.4 Å². The zero-order valence-corrected chi connectivity index (χ0v) is 18.3. The molecule has 0 fully saturated rings. The molecule has 3 rings (SSSR count). The Morgan fingerprint density at radius 2 is 1.90 bits per heavy atom. The summed E-state index contributed by atoms with van der Waals surface area (Å²) in [7, 11) is 1.67. The van der Waals surface area contributed by atoms with Crippen LogP contribution < -0.4 is 16.4 Å². The van der Waals surface area contributed by atoms with Gasteiger partial charge in [0, 0.05) is 42.4 Å². The van der Waals surface area contributed by atoms with Gasteiger partial charge in [-0.1, -0.05) is 35.3 Å². The summed E-state index contributed by atoms with van der Waals surface area (Å²) in [6.07, 6.45) is 3.08. The summed E-state index contributed by atoms with van der Waals surface area (Å²) in [4.78, 5) is 13.2. The molecule has 0 unspecified atom stereocenters. The molecule has 0 atom stereocenters. The van der Waals surface area contributed by atoms with E-state index in [9.17, 15) is 4.39 Å². The maximum atomic E-state index is 14.4. The van der Waals surface area contributed by atoms with Gasteiger partial charge in [0.05, 0.1) is 10.7 Å². The fourth-order valence-corrected chi connectivity index (χ4v) is 3.31. The van der Waals surface area contributed by atoms with Gasteiger partial charge in [0.25, 0.3) is 0 Å². The zero-order valence-electron chi connectivity index (χ0n) is 16.7. The van der Waals surface area contributed by atoms with Crippen LogP contribution in [0.25, 0.3) is 22.6 Å². The molecule has 0 bridgehead atoms. The van der Waals surface area contributed by atoms with Gasteiger partial charge in [0.15, 0.2) is 5.82 Å². The highest BCUT2D eigenvalue weighted by atomic mass is 35.5. The molecule has 1 heterocycles. The highest BCUT2D eigenvalue weighted by Crippen LogP contribution is 2.31. The van der Waals surface area contributed by atoms with E-state index in [0.29, 0.717) is 57.4 Å². The normalized spacial score (nSPS) is 11.7. The Bertz CT molecular complexity index is 1120. The van der Waals surface area contributed by atoms with Crippen molar-refractivity contribution >= 4 is 34.9 Å². The summed E-state index contributed by atoms with van der Waals surface area (Å²) in [6, 6.07) is 13.2. The predicted octanol–water partition coefficient (Wildman–Crippen LogP) is 4.76. The van der Waals surface area contributed by atoms with E-state index >= 15 is 0 Å². The highest BCUT2D eigenvalue weighted by molar-refractivity contribution is 6.36. The van der Waals surface area contributed by atoms with E-state index in [4.69, 9.17) is 28.9 Å². The molecule has 0 saturated carbocycles. The average molecular weight is 459 g/mol. The lowest BCUT2D eigenvalue weighted by molar-refractivity contribution is 0.630. The molecule has 3 aromatic rings. The molecule has 1 aromatic heterocycles. The van der Waals surface area contributed by atoms with Gasteiger partial charge in [-0.2, -0.15) is 0 Å². The molecule has 9 heteroatoms. The van der Waals surface area contributed by atoms with Crippen LogP contribution in [0.4, 0.5) is 10.2 Å². The molecule has 6 nitrogen and oxygen atoms in total. The molecule has 0 amide bonds. The van der Waals surface area contributed by atoms with Crippen molar-refractivity contribution in [3.63, 3.8) is 0 Å². The quantitative estimate of drug-likeness (QED) is 0.270. The van der Waals surface area contributed by atoms with Crippen molar-refractivity contribution in [2.75, 3.05) is 25.5 Å². The zero-order chi connectivity index (χ0) is 22.2. The largest absolute Gasteiger partial charge is 0.404 e. The molecule has 31 heavy (non-hydrogen) atoms. The first-order valence-electron chi connectivity index (χ1n) is 9.44. The summed E-state index contributed by atoms with van der Waals surface area (Å²) in [5.41, 5.74) is 6.79. The Morgan fingerprint density at radius 1 is 1.10 bits per heavy atom. The lowest BCUT2D eigenvalue weighted by Gasteiger charge is -2.12. The van der Waals surface area contributed by atoms with Gasteiger partial charge < -0.3 is 16.4 Å². The number of amidine groups is 1. The molecule has 160 valence electrons. The van der Waals surface area contributed by atoms with E-state index < -0.39 is 0 Å². The number of halogens is 3. The Balaban J connectivity index is 1.91. The topological polar surface area (TPSA) is 88.2 Å². The number of nitrogens with zero attached hydrogens (tertiary/aromatic N) is 3. The second kappa shape index (κ2) is 10.7. The summed E-state index contributed by atoms with van der Waals surface area (Å²) >= 11 is 12.4. The maximum absolute atomic E-state index is 14.4. The van der Waals surface area contributed by atoms with Crippen LogP contribution in [0.2, 0.25) is 10.0 Å². The lowest BCUT2D eigenvalue weighted by atomic mass is 10.1. The molecule has 4 N–H and O–H groups in total. The van der Waals surface area contributed by atoms with E-state index in [0.717, 1.165) is 0 Å². The third-order valence-corrected chi connectivity index (χ3v) is 4.83. The predicted molar refractivity (Wildman–Crippen MR) is 126 cm³/mol. The number of anilines is 1. The van der Waals surface area contributed by atoms with E-state index in [1.165, 1.54) is 12.3 Å². The number of hydrogen-bond donors (Lipinski definition) is 3. The number of nitrogens with one attached hydrogen (secondary N) is 2. The first-order chi connectivity index (χ1) is 15.0. The first kappa shape index (κ1) is 22.5. The molecule has 0 radical (unpaired) electrons. The molecular weight excluding hydrogens is 438 g/mol. The van der Waals surface area contributed by atoms with E-state index in [-0.39, 0.29) is 5.82 Å². The van der Waals surface area contributed by atoms with Gasteiger partial charge in [0.2, 0.25) is 0 Å². The van der Waals surface area contributed by atoms with Crippen LogP contribution in [-0.2, 0) is 0 Å². The third kappa shape index (κ3) is 5.93. The summed E-state index contributed by atoms with van der Waals surface area (Å²) in [6.45, 7) is 1.09. The second-order valence-corrected chi connectivity index (χ2v) is 7.23. The van der Waals surface area contributed by atoms with Gasteiger partial charge in [-0.05, 0) is 42.6 Å². The average Bonchev–Trinajstić information content (AvgIpc) is 2.76. The van der Waals surface area contributed by atoms with Crippen LogP contribution in [0, 0.1) is 5.82 Å². The second-order valence-electron chi connectivity index (χ2n) is 6.39. The van der Waals surface area contributed by atoms with Crippen molar-refractivity contribution in [1.29, 1.82) is 0 Å². The third-order valence-electron chi connectivity index (χ3n) is 4.28. The summed E-state index contributed by atoms with van der Waals surface area (Å²) in [5.74, 6) is 1.17. The van der Waals surface area contributed by atoms with E-state index in [2.05, 4.69) is 25.6 Å². The molecule has 0 aliphatic heterocycles. The number of aromatic nitrogens is 2. The molecule has 0 aliphatic rings. The maximum Gasteiger partial charge on any atom is 0.163 e. The lowest BCUT2D eigenvalue weighted by Crippen LogP contribution is -2.27. The Kier molecular flexibility index (Phi) is 7.81. The fraction of sp³-hybridized carbons (Fsp3) is 0.136. The number of hydrogen-bond acceptors (Lipinski definition) is 5. The Labute approximate surface area is 190 Å². The standard InChI is InChI=1S/C22H21Cl2FN6/c1-27-20(8-9-26)28-10-11-29-21-13-19(16-4-2-3-5-18(16)25)30-22(31-21)15-7-6-14(23)12-17(15)24/h2-9,12-13H,10-11,26H2,1H3,(H,27,28)(H,29,30,31). The van der Waals surface area contributed by atoms with Crippen molar-refractivity contribution in [3.05, 3.63) is 76.7 Å². The summed E-state index contributed by atoms with van der Waals surface area (Å²) < 4.78 is 14.4. The van der Waals surface area contributed by atoms with Crippen molar-refractivity contribution in [3.8, 4) is 22.6 Å². The van der Waals surface area contributed by atoms with Crippen molar-refractivity contribution in [2.24, 2.45) is 10.7 Å². The van der Waals surface area contributed by atoms with Gasteiger partial charge in [-0.15, -0.1) is 0 Å². The van der Waals surface area contributed by atoms with Crippen LogP contribution in [0.3, 0.4) is 0 Å². The van der Waals surface area contributed by atoms with Crippen LogP contribution in [0.15, 0.2) is 65.8 Å². The van der Waals surface area contributed by atoms with Crippen molar-refractivity contribution in [1.82, 2.24) is 15.3 Å². The monoisotopic (exact) mass is 458 g/mol. The number of benzene rings is 2. The van der Waals surface area contributed by atoms with Gasteiger partial charge >= 0.3 is 0 Å². The SMILES string of the molecule is CN=C(C=CN)NCCNc1cc(-c2ccccc2F)nc(-c2ccc(Cl)cc2Cl)n1. The fourth-order valence-electron chi connectivity index (χ4n) is 2.82. The molecule has 0 saturated heterocycles. The Morgan fingerprint density at radius 3 is 2.61 bits per heavy atom. The van der Waals surface area contributed by atoms with Crippen LogP contribution >= 0.6 is 23.2 Å². The van der Waals surface area contributed by atoms with Crippen molar-refractivity contribution in [2.45, 2.75) is 0 Å². The van der Waals surface area contributed by atoms with Crippen molar-refractivity contribution < 1.29 is 4.39 Å². The van der Waals surface area contributed by atoms with Gasteiger partial charge in [-0.3, -0.25) is 4.99 Å². The smallest absolute Gasteiger partial charge is 0.163 e. The van der Waals surface area contributed by atoms with Gasteiger partial charge in [0.1, 0.15) is 17.5 Å². The minimum Gasteiger partial charge on any atom is -0.404 e. The van der Waals surface area contributed by atoms with Crippen LogP contribution in [-0.4, -0.2) is 35.9 Å². The minimum atomic E-state index is -0.376. The van der Waals surface area contributed by atoms with Crippen LogP contribution in [0.5, 0.6) is 0 Å². The molecule has 0 spiro atoms. The first-order valence-corrected chi connectivity index (χ1v) is 10.2. The van der Waals surface area contributed by atoms with Crippen LogP contribution in [0.1, 0.15) is 0 Å². The molecule has 0 aliphatic carbocycles. The highest BCUT2D eigenvalue weighted by Gasteiger charge is 2.14. The number of nitrogens with two attached hydrogens (primary N) is 1. The molecule has 2 aromatic carbocycles. The van der Waals surface area contributed by atoms with E-state index in [1.54, 1.807) is 55.6 Å². The number of aliphatic imine (C=N–C) groups is 1. The van der Waals surface area contributed by atoms with E-state index in [1.807, 2.05) is 0 Å². The molecular formula is C22H21Cl2FN6.